The molecule has 0 radical (unpaired) electrons. The van der Waals surface area contributed by atoms with Crippen LogP contribution in [0.3, 0.4) is 0 Å². The average molecular weight is 302 g/mol. The number of rotatable bonds is 2. The molecule has 0 aliphatic heterocycles. The van der Waals surface area contributed by atoms with E-state index in [-0.39, 0.29) is 10.7 Å². The van der Waals surface area contributed by atoms with E-state index in [1.165, 1.54) is 4.90 Å². The third kappa shape index (κ3) is 2.75. The van der Waals surface area contributed by atoms with Crippen LogP contribution >= 0.6 is 27.5 Å². The van der Waals surface area contributed by atoms with E-state index in [2.05, 4.69) is 15.9 Å². The third-order valence-electron chi connectivity index (χ3n) is 2.11. The maximum absolute atomic E-state index is 11.7. The van der Waals surface area contributed by atoms with Gasteiger partial charge in [0.15, 0.2) is 0 Å². The lowest BCUT2D eigenvalue weighted by molar-refractivity contribution is -0.117. The van der Waals surface area contributed by atoms with Crippen LogP contribution in [0.25, 0.3) is 0 Å². The van der Waals surface area contributed by atoms with Crippen molar-refractivity contribution in [2.45, 2.75) is 11.8 Å². The number of anilines is 1. The lowest BCUT2D eigenvalue weighted by atomic mass is 10.1. The Labute approximate surface area is 108 Å². The number of carbonyl (C=O) groups is 1. The van der Waals surface area contributed by atoms with E-state index < -0.39 is 0 Å². The van der Waals surface area contributed by atoms with E-state index in [4.69, 9.17) is 16.9 Å². The van der Waals surface area contributed by atoms with Crippen molar-refractivity contribution < 1.29 is 4.79 Å². The van der Waals surface area contributed by atoms with Gasteiger partial charge >= 0.3 is 0 Å². The van der Waals surface area contributed by atoms with E-state index in [9.17, 15) is 4.79 Å². The number of alkyl halides is 1. The van der Waals surface area contributed by atoms with Gasteiger partial charge in [-0.25, -0.2) is 0 Å². The van der Waals surface area contributed by atoms with Gasteiger partial charge in [0, 0.05) is 12.1 Å². The molecule has 0 fully saturated rings. The molecule has 84 valence electrons. The Balaban J connectivity index is 3.14. The van der Waals surface area contributed by atoms with Gasteiger partial charge in [0.25, 0.3) is 0 Å². The van der Waals surface area contributed by atoms with Crippen molar-refractivity contribution in [2.24, 2.45) is 0 Å². The summed E-state index contributed by atoms with van der Waals surface area (Å²) in [4.78, 5) is 12.9. The van der Waals surface area contributed by atoms with Crippen LogP contribution in [0.5, 0.6) is 0 Å². The molecule has 5 heteroatoms. The quantitative estimate of drug-likeness (QED) is 0.788. The van der Waals surface area contributed by atoms with Gasteiger partial charge in [-0.15, -0.1) is 0 Å². The zero-order valence-corrected chi connectivity index (χ0v) is 11.2. The second-order valence-electron chi connectivity index (χ2n) is 3.29. The summed E-state index contributed by atoms with van der Waals surface area (Å²) in [6.07, 6.45) is 0. The lowest BCUT2D eigenvalue weighted by Gasteiger charge is -2.19. The summed E-state index contributed by atoms with van der Waals surface area (Å²) in [6, 6.07) is 6.87. The number of benzene rings is 1. The highest BCUT2D eigenvalue weighted by molar-refractivity contribution is 9.10. The fourth-order valence-electron chi connectivity index (χ4n) is 1.28. The van der Waals surface area contributed by atoms with E-state index in [1.54, 1.807) is 32.2 Å². The predicted octanol–water partition coefficient (Wildman–Crippen LogP) is 2.96. The number of hydrogen-bond donors (Lipinski definition) is 0. The number of nitriles is 1. The van der Waals surface area contributed by atoms with E-state index in [0.717, 1.165) is 0 Å². The number of nitrogens with zero attached hydrogens (tertiary/aromatic N) is 2. The molecule has 1 unspecified atom stereocenters. The molecular formula is C11H10BrClN2O. The highest BCUT2D eigenvalue weighted by Gasteiger charge is 2.18. The van der Waals surface area contributed by atoms with Crippen LogP contribution in [-0.4, -0.2) is 17.8 Å². The molecule has 0 saturated carbocycles. The van der Waals surface area contributed by atoms with Crippen molar-refractivity contribution in [2.75, 3.05) is 11.9 Å². The smallest absolute Gasteiger partial charge is 0.240 e. The van der Waals surface area contributed by atoms with Gasteiger partial charge in [0.05, 0.1) is 16.1 Å². The van der Waals surface area contributed by atoms with Crippen molar-refractivity contribution in [3.05, 3.63) is 28.8 Å². The van der Waals surface area contributed by atoms with Crippen LogP contribution in [0, 0.1) is 11.3 Å². The molecule has 0 aromatic heterocycles. The highest BCUT2D eigenvalue weighted by Crippen LogP contribution is 2.24. The summed E-state index contributed by atoms with van der Waals surface area (Å²) in [7, 11) is 1.63. The van der Waals surface area contributed by atoms with E-state index >= 15 is 0 Å². The summed E-state index contributed by atoms with van der Waals surface area (Å²) >= 11 is 8.98. The molecule has 0 heterocycles. The molecule has 0 spiro atoms. The van der Waals surface area contributed by atoms with Gasteiger partial charge < -0.3 is 4.90 Å². The van der Waals surface area contributed by atoms with Gasteiger partial charge in [0.2, 0.25) is 5.91 Å². The second kappa shape index (κ2) is 5.33. The van der Waals surface area contributed by atoms with E-state index in [1.807, 2.05) is 6.07 Å². The average Bonchev–Trinajstić information content (AvgIpc) is 2.26. The minimum absolute atomic E-state index is 0.112. The first-order chi connectivity index (χ1) is 7.47. The summed E-state index contributed by atoms with van der Waals surface area (Å²) in [5.41, 5.74) is 0.944. The molecule has 16 heavy (non-hydrogen) atoms. The van der Waals surface area contributed by atoms with Gasteiger partial charge in [-0.2, -0.15) is 5.26 Å². The molecule has 1 atom stereocenters. The molecule has 1 rings (SSSR count). The Kier molecular flexibility index (Phi) is 4.34. The van der Waals surface area contributed by atoms with Crippen molar-refractivity contribution in [3.63, 3.8) is 0 Å². The van der Waals surface area contributed by atoms with Crippen LogP contribution in [0.2, 0.25) is 5.02 Å². The van der Waals surface area contributed by atoms with Crippen molar-refractivity contribution in [1.29, 1.82) is 5.26 Å². The van der Waals surface area contributed by atoms with Crippen LogP contribution < -0.4 is 4.90 Å². The first-order valence-electron chi connectivity index (χ1n) is 4.58. The maximum atomic E-state index is 11.7. The largest absolute Gasteiger partial charge is 0.313 e. The first-order valence-corrected chi connectivity index (χ1v) is 5.88. The molecule has 0 saturated heterocycles. The number of halogens is 2. The molecule has 1 aromatic carbocycles. The molecule has 0 aliphatic carbocycles. The Hall–Kier alpha value is -1.05. The molecule has 0 N–H and O–H groups in total. The van der Waals surface area contributed by atoms with Crippen molar-refractivity contribution in [3.8, 4) is 6.07 Å². The van der Waals surface area contributed by atoms with Gasteiger partial charge in [0.1, 0.15) is 6.07 Å². The summed E-state index contributed by atoms with van der Waals surface area (Å²) < 4.78 is 0. The SMILES string of the molecule is CC(Br)C(=O)N(C)c1ccc(Cl)cc1C#N. The monoisotopic (exact) mass is 300 g/mol. The zero-order chi connectivity index (χ0) is 12.3. The summed E-state index contributed by atoms with van der Waals surface area (Å²) in [5.74, 6) is -0.112. The van der Waals surface area contributed by atoms with Crippen LogP contribution in [-0.2, 0) is 4.79 Å². The van der Waals surface area contributed by atoms with Gasteiger partial charge in [-0.05, 0) is 25.1 Å². The second-order valence-corrected chi connectivity index (χ2v) is 5.10. The van der Waals surface area contributed by atoms with Gasteiger partial charge in [-0.1, -0.05) is 27.5 Å². The summed E-state index contributed by atoms with van der Waals surface area (Å²) in [5, 5.41) is 9.43. The van der Waals surface area contributed by atoms with Crippen LogP contribution in [0.1, 0.15) is 12.5 Å². The fourth-order valence-corrected chi connectivity index (χ4v) is 1.76. The molecule has 0 aliphatic rings. The molecular weight excluding hydrogens is 291 g/mol. The minimum atomic E-state index is -0.292. The van der Waals surface area contributed by atoms with E-state index in [0.29, 0.717) is 16.3 Å². The Bertz CT molecular complexity index is 454. The topological polar surface area (TPSA) is 44.1 Å². The Morgan fingerprint density at radius 2 is 2.25 bits per heavy atom. The minimum Gasteiger partial charge on any atom is -0.313 e. The third-order valence-corrected chi connectivity index (χ3v) is 2.74. The Morgan fingerprint density at radius 1 is 1.62 bits per heavy atom. The lowest BCUT2D eigenvalue weighted by Crippen LogP contribution is -2.32. The molecule has 0 bridgehead atoms. The number of hydrogen-bond acceptors (Lipinski definition) is 2. The first kappa shape index (κ1) is 13.0. The highest BCUT2D eigenvalue weighted by atomic mass is 79.9. The Morgan fingerprint density at radius 3 is 2.75 bits per heavy atom. The van der Waals surface area contributed by atoms with Crippen LogP contribution in [0.15, 0.2) is 18.2 Å². The molecule has 1 aromatic rings. The predicted molar refractivity (Wildman–Crippen MR) is 68.0 cm³/mol. The van der Waals surface area contributed by atoms with Crippen molar-refractivity contribution in [1.82, 2.24) is 0 Å². The molecule has 1 amide bonds. The number of amides is 1. The molecule has 3 nitrogen and oxygen atoms in total. The van der Waals surface area contributed by atoms with Crippen LogP contribution in [0.4, 0.5) is 5.69 Å². The normalized spacial score (nSPS) is 11.7. The maximum Gasteiger partial charge on any atom is 0.240 e. The van der Waals surface area contributed by atoms with Gasteiger partial charge in [-0.3, -0.25) is 4.79 Å². The standard InChI is InChI=1S/C11H10BrClN2O/c1-7(12)11(16)15(2)10-4-3-9(13)5-8(10)6-14/h3-5,7H,1-2H3. The number of carbonyl (C=O) groups excluding carboxylic acids is 1. The fraction of sp³-hybridized carbons (Fsp3) is 0.273. The zero-order valence-electron chi connectivity index (χ0n) is 8.87. The van der Waals surface area contributed by atoms with Crippen molar-refractivity contribution >= 4 is 39.1 Å². The summed E-state index contributed by atoms with van der Waals surface area (Å²) in [6.45, 7) is 1.74.